The van der Waals surface area contributed by atoms with Crippen molar-refractivity contribution < 1.29 is 13.2 Å². The summed E-state index contributed by atoms with van der Waals surface area (Å²) in [5.41, 5.74) is 5.09. The normalized spacial score (nSPS) is 12.5. The molecule has 0 heterocycles. The highest BCUT2D eigenvalue weighted by Gasteiger charge is 2.18. The molecule has 0 aliphatic heterocycles. The first-order valence-electron chi connectivity index (χ1n) is 8.95. The average molecular weight is 402 g/mol. The van der Waals surface area contributed by atoms with E-state index < -0.39 is 10.0 Å². The Morgan fingerprint density at radius 3 is 2.11 bits per heavy atom. The van der Waals surface area contributed by atoms with Crippen LogP contribution < -0.4 is 9.73 Å². The first kappa shape index (κ1) is 21.6. The van der Waals surface area contributed by atoms with Crippen molar-refractivity contribution >= 4 is 27.3 Å². The van der Waals surface area contributed by atoms with Crippen LogP contribution in [-0.2, 0) is 16.6 Å². The molecule has 0 aromatic heterocycles. The van der Waals surface area contributed by atoms with Gasteiger partial charge in [-0.25, -0.2) is 13.8 Å². The Bertz CT molecular complexity index is 945. The predicted octanol–water partition coefficient (Wildman–Crippen LogP) is 3.80. The fraction of sp³-hybridized carbons (Fsp3) is 0.333. The van der Waals surface area contributed by atoms with Crippen LogP contribution >= 0.6 is 0 Å². The molecule has 0 radical (unpaired) electrons. The molecule has 0 saturated heterocycles. The van der Waals surface area contributed by atoms with Crippen LogP contribution in [0.3, 0.4) is 0 Å². The van der Waals surface area contributed by atoms with Crippen molar-refractivity contribution in [2.45, 2.75) is 34.2 Å². The van der Waals surface area contributed by atoms with E-state index in [0.29, 0.717) is 11.3 Å². The Balaban J connectivity index is 2.14. The summed E-state index contributed by atoms with van der Waals surface area (Å²) in [6, 6.07) is 15.7. The van der Waals surface area contributed by atoms with E-state index in [2.05, 4.69) is 10.5 Å². The minimum Gasteiger partial charge on any atom is -0.267 e. The fourth-order valence-corrected chi connectivity index (χ4v) is 3.18. The standard InChI is InChI=1S/C21H27N3O3S/c1-16(21(2,3)4)22-23-20(25)18-13-11-17(12-14-18)15-24(28(5,26)27)19-9-7-6-8-10-19/h6-14H,15H2,1-5H3,(H,23,25)/b22-16+. The molecule has 0 atom stereocenters. The minimum atomic E-state index is -3.44. The van der Waals surface area contributed by atoms with Gasteiger partial charge in [0.25, 0.3) is 5.91 Å². The molecule has 1 amide bonds. The number of hydrazone groups is 1. The predicted molar refractivity (Wildman–Crippen MR) is 114 cm³/mol. The highest BCUT2D eigenvalue weighted by Crippen LogP contribution is 2.20. The minimum absolute atomic E-state index is 0.121. The summed E-state index contributed by atoms with van der Waals surface area (Å²) >= 11 is 0. The zero-order valence-electron chi connectivity index (χ0n) is 16.9. The Labute approximate surface area is 167 Å². The Kier molecular flexibility index (Phi) is 6.61. The first-order chi connectivity index (χ1) is 13.0. The van der Waals surface area contributed by atoms with E-state index in [4.69, 9.17) is 0 Å². The number of anilines is 1. The third-order valence-corrected chi connectivity index (χ3v) is 5.54. The highest BCUT2D eigenvalue weighted by molar-refractivity contribution is 7.92. The van der Waals surface area contributed by atoms with Crippen molar-refractivity contribution in [3.8, 4) is 0 Å². The van der Waals surface area contributed by atoms with Gasteiger partial charge in [-0.3, -0.25) is 9.10 Å². The van der Waals surface area contributed by atoms with E-state index in [1.807, 2.05) is 33.8 Å². The SMILES string of the molecule is C/C(=N\NC(=O)c1ccc(CN(c2ccccc2)S(C)(=O)=O)cc1)C(C)(C)C. The van der Waals surface area contributed by atoms with Gasteiger partial charge in [-0.15, -0.1) is 0 Å². The van der Waals surface area contributed by atoms with Crippen LogP contribution in [0.15, 0.2) is 59.7 Å². The summed E-state index contributed by atoms with van der Waals surface area (Å²) in [5.74, 6) is -0.307. The topological polar surface area (TPSA) is 78.8 Å². The average Bonchev–Trinajstić information content (AvgIpc) is 2.63. The zero-order valence-corrected chi connectivity index (χ0v) is 17.7. The fourth-order valence-electron chi connectivity index (χ4n) is 2.29. The maximum atomic E-state index is 12.3. The second-order valence-electron chi connectivity index (χ2n) is 7.69. The molecule has 2 aromatic carbocycles. The lowest BCUT2D eigenvalue weighted by Crippen LogP contribution is -2.29. The van der Waals surface area contributed by atoms with E-state index in [1.165, 1.54) is 10.6 Å². The number of benzene rings is 2. The smallest absolute Gasteiger partial charge is 0.267 e. The lowest BCUT2D eigenvalue weighted by atomic mass is 9.91. The maximum Gasteiger partial charge on any atom is 0.271 e. The summed E-state index contributed by atoms with van der Waals surface area (Å²) in [4.78, 5) is 12.3. The number of hydrogen-bond acceptors (Lipinski definition) is 4. The third kappa shape index (κ3) is 5.92. The van der Waals surface area contributed by atoms with Gasteiger partial charge in [-0.1, -0.05) is 51.1 Å². The van der Waals surface area contributed by atoms with Crippen molar-refractivity contribution in [3.05, 3.63) is 65.7 Å². The van der Waals surface area contributed by atoms with Crippen LogP contribution in [0.4, 0.5) is 5.69 Å². The molecule has 0 fully saturated rings. The summed E-state index contributed by atoms with van der Waals surface area (Å²) in [6.45, 7) is 8.12. The van der Waals surface area contributed by atoms with Gasteiger partial charge >= 0.3 is 0 Å². The number of nitrogens with one attached hydrogen (secondary N) is 1. The van der Waals surface area contributed by atoms with E-state index in [9.17, 15) is 13.2 Å². The second kappa shape index (κ2) is 8.56. The molecular weight excluding hydrogens is 374 g/mol. The maximum absolute atomic E-state index is 12.3. The van der Waals surface area contributed by atoms with Crippen LogP contribution in [0.2, 0.25) is 0 Å². The highest BCUT2D eigenvalue weighted by atomic mass is 32.2. The molecule has 1 N–H and O–H groups in total. The van der Waals surface area contributed by atoms with E-state index in [-0.39, 0.29) is 17.9 Å². The van der Waals surface area contributed by atoms with Gasteiger partial charge in [0.15, 0.2) is 0 Å². The van der Waals surface area contributed by atoms with Crippen LogP contribution in [0.25, 0.3) is 0 Å². The van der Waals surface area contributed by atoms with Gasteiger partial charge in [0.1, 0.15) is 0 Å². The number of hydrogen-bond donors (Lipinski definition) is 1. The van der Waals surface area contributed by atoms with Crippen LogP contribution in [0.5, 0.6) is 0 Å². The Morgan fingerprint density at radius 1 is 1.04 bits per heavy atom. The van der Waals surface area contributed by atoms with Crippen molar-refractivity contribution in [1.29, 1.82) is 0 Å². The summed E-state index contributed by atoms with van der Waals surface area (Å²) in [7, 11) is -3.44. The molecular formula is C21H27N3O3S. The van der Waals surface area contributed by atoms with Crippen molar-refractivity contribution in [3.63, 3.8) is 0 Å². The van der Waals surface area contributed by atoms with Gasteiger partial charge in [0.05, 0.1) is 18.5 Å². The summed E-state index contributed by atoms with van der Waals surface area (Å²) < 4.78 is 25.7. The summed E-state index contributed by atoms with van der Waals surface area (Å²) in [6.07, 6.45) is 1.18. The van der Waals surface area contributed by atoms with E-state index >= 15 is 0 Å². The summed E-state index contributed by atoms with van der Waals surface area (Å²) in [5, 5.41) is 4.14. The van der Waals surface area contributed by atoms with Crippen LogP contribution in [-0.4, -0.2) is 26.3 Å². The molecule has 0 bridgehead atoms. The number of nitrogens with zero attached hydrogens (tertiary/aromatic N) is 2. The van der Waals surface area contributed by atoms with Gasteiger partial charge < -0.3 is 0 Å². The van der Waals surface area contributed by atoms with Gasteiger partial charge in [0.2, 0.25) is 10.0 Å². The molecule has 0 saturated carbocycles. The van der Waals surface area contributed by atoms with Crippen LogP contribution in [0, 0.1) is 5.41 Å². The first-order valence-corrected chi connectivity index (χ1v) is 10.8. The molecule has 28 heavy (non-hydrogen) atoms. The number of rotatable bonds is 6. The number of amides is 1. The third-order valence-electron chi connectivity index (χ3n) is 4.40. The molecule has 2 rings (SSSR count). The van der Waals surface area contributed by atoms with Gasteiger partial charge in [-0.05, 0) is 36.8 Å². The molecule has 0 spiro atoms. The zero-order chi connectivity index (χ0) is 20.9. The number of carbonyl (C=O) groups excluding carboxylic acids is 1. The Morgan fingerprint density at radius 2 is 1.61 bits per heavy atom. The number of carbonyl (C=O) groups is 1. The Hall–Kier alpha value is -2.67. The van der Waals surface area contributed by atoms with Gasteiger partial charge in [0, 0.05) is 16.7 Å². The van der Waals surface area contributed by atoms with Crippen molar-refractivity contribution in [1.82, 2.24) is 5.43 Å². The van der Waals surface area contributed by atoms with Crippen molar-refractivity contribution in [2.75, 3.05) is 10.6 Å². The lowest BCUT2D eigenvalue weighted by Gasteiger charge is -2.22. The van der Waals surface area contributed by atoms with E-state index in [0.717, 1.165) is 11.3 Å². The van der Waals surface area contributed by atoms with Crippen molar-refractivity contribution in [2.24, 2.45) is 10.5 Å². The second-order valence-corrected chi connectivity index (χ2v) is 9.60. The molecule has 7 heteroatoms. The number of sulfonamides is 1. The lowest BCUT2D eigenvalue weighted by molar-refractivity contribution is 0.0954. The quantitative estimate of drug-likeness (QED) is 0.591. The molecule has 2 aromatic rings. The van der Waals surface area contributed by atoms with Gasteiger partial charge in [-0.2, -0.15) is 5.10 Å². The number of para-hydroxylation sites is 1. The van der Waals surface area contributed by atoms with E-state index in [1.54, 1.807) is 48.5 Å². The molecule has 150 valence electrons. The molecule has 6 nitrogen and oxygen atoms in total. The molecule has 0 unspecified atom stereocenters. The molecule has 0 aliphatic carbocycles. The monoisotopic (exact) mass is 401 g/mol. The van der Waals surface area contributed by atoms with Crippen LogP contribution in [0.1, 0.15) is 43.6 Å². The largest absolute Gasteiger partial charge is 0.271 e. The molecule has 0 aliphatic rings.